The average Bonchev–Trinajstić information content (AvgIpc) is 2.97. The summed E-state index contributed by atoms with van der Waals surface area (Å²) in [7, 11) is 0. The standard InChI is InChI=1S/C13H15N5O3S/c19-11(15-13-14-10(17-22-13)7-1-2-7)12(20)18-5-8(6-18)9-3-4-21-16-9/h7-8H,1-6H2,(H,14,15,17,19). The first-order valence-corrected chi connectivity index (χ1v) is 8.10. The van der Waals surface area contributed by atoms with Crippen LogP contribution in [0.15, 0.2) is 5.16 Å². The Kier molecular flexibility index (Phi) is 3.29. The molecule has 2 fully saturated rings. The van der Waals surface area contributed by atoms with Crippen molar-refractivity contribution in [1.29, 1.82) is 0 Å². The van der Waals surface area contributed by atoms with Crippen molar-refractivity contribution >= 4 is 34.2 Å². The molecule has 1 N–H and O–H groups in total. The second-order valence-electron chi connectivity index (χ2n) is 5.76. The van der Waals surface area contributed by atoms with E-state index in [9.17, 15) is 9.59 Å². The topological polar surface area (TPSA) is 96.8 Å². The van der Waals surface area contributed by atoms with E-state index in [0.717, 1.165) is 42.3 Å². The Morgan fingerprint density at radius 1 is 1.27 bits per heavy atom. The van der Waals surface area contributed by atoms with Crippen molar-refractivity contribution in [2.24, 2.45) is 11.1 Å². The molecule has 2 aliphatic heterocycles. The van der Waals surface area contributed by atoms with Gasteiger partial charge in [-0.05, 0) is 12.8 Å². The predicted molar refractivity (Wildman–Crippen MR) is 78.6 cm³/mol. The molecule has 22 heavy (non-hydrogen) atoms. The van der Waals surface area contributed by atoms with Crippen LogP contribution in [0.25, 0.3) is 0 Å². The van der Waals surface area contributed by atoms with Gasteiger partial charge in [0, 0.05) is 42.9 Å². The molecule has 0 unspecified atom stereocenters. The number of carbonyl (C=O) groups excluding carboxylic acids is 2. The fraction of sp³-hybridized carbons (Fsp3) is 0.615. The van der Waals surface area contributed by atoms with Crippen molar-refractivity contribution in [2.45, 2.75) is 25.2 Å². The van der Waals surface area contributed by atoms with Crippen molar-refractivity contribution in [3.8, 4) is 0 Å². The van der Waals surface area contributed by atoms with E-state index in [-0.39, 0.29) is 5.92 Å². The Morgan fingerprint density at radius 3 is 2.77 bits per heavy atom. The number of nitrogens with one attached hydrogen (secondary N) is 1. The van der Waals surface area contributed by atoms with Crippen LogP contribution >= 0.6 is 11.5 Å². The number of likely N-dealkylation sites (tertiary alicyclic amines) is 1. The second-order valence-corrected chi connectivity index (χ2v) is 6.51. The van der Waals surface area contributed by atoms with Gasteiger partial charge in [0.05, 0.1) is 5.71 Å². The van der Waals surface area contributed by atoms with Gasteiger partial charge in [0.1, 0.15) is 12.4 Å². The molecule has 1 aromatic rings. The number of oxime groups is 1. The Bertz CT molecular complexity index is 648. The monoisotopic (exact) mass is 321 g/mol. The van der Waals surface area contributed by atoms with E-state index in [2.05, 4.69) is 19.8 Å². The Hall–Kier alpha value is -2.03. The summed E-state index contributed by atoms with van der Waals surface area (Å²) in [6.07, 6.45) is 3.02. The molecule has 8 nitrogen and oxygen atoms in total. The van der Waals surface area contributed by atoms with Crippen molar-refractivity contribution in [1.82, 2.24) is 14.3 Å². The maximum Gasteiger partial charge on any atom is 0.315 e. The van der Waals surface area contributed by atoms with Gasteiger partial charge in [-0.3, -0.25) is 14.9 Å². The summed E-state index contributed by atoms with van der Waals surface area (Å²) in [5, 5.41) is 6.88. The Balaban J connectivity index is 1.29. The molecule has 0 bridgehead atoms. The molecule has 3 heterocycles. The van der Waals surface area contributed by atoms with Crippen LogP contribution < -0.4 is 5.32 Å². The zero-order valence-corrected chi connectivity index (χ0v) is 12.6. The van der Waals surface area contributed by atoms with Gasteiger partial charge in [-0.2, -0.15) is 4.37 Å². The van der Waals surface area contributed by atoms with Crippen molar-refractivity contribution < 1.29 is 14.4 Å². The summed E-state index contributed by atoms with van der Waals surface area (Å²) in [4.78, 5) is 34.7. The molecule has 116 valence electrons. The lowest BCUT2D eigenvalue weighted by molar-refractivity contribution is -0.146. The highest BCUT2D eigenvalue weighted by molar-refractivity contribution is 7.10. The fourth-order valence-electron chi connectivity index (χ4n) is 2.55. The smallest absolute Gasteiger partial charge is 0.315 e. The lowest BCUT2D eigenvalue weighted by Gasteiger charge is -2.38. The van der Waals surface area contributed by atoms with Crippen molar-refractivity contribution in [3.63, 3.8) is 0 Å². The van der Waals surface area contributed by atoms with E-state index in [1.54, 1.807) is 0 Å². The van der Waals surface area contributed by atoms with Crippen molar-refractivity contribution in [2.75, 3.05) is 25.0 Å². The van der Waals surface area contributed by atoms with Gasteiger partial charge in [-0.15, -0.1) is 0 Å². The lowest BCUT2D eigenvalue weighted by atomic mass is 9.93. The summed E-state index contributed by atoms with van der Waals surface area (Å²) in [5.41, 5.74) is 0.989. The number of nitrogens with zero attached hydrogens (tertiary/aromatic N) is 4. The highest BCUT2D eigenvalue weighted by Crippen LogP contribution is 2.39. The lowest BCUT2D eigenvalue weighted by Crippen LogP contribution is -2.55. The summed E-state index contributed by atoms with van der Waals surface area (Å²) < 4.78 is 4.20. The first-order valence-electron chi connectivity index (χ1n) is 7.33. The van der Waals surface area contributed by atoms with Crippen LogP contribution in [-0.2, 0) is 14.4 Å². The maximum atomic E-state index is 12.0. The fourth-order valence-corrected chi connectivity index (χ4v) is 3.19. The van der Waals surface area contributed by atoms with Crippen LogP contribution in [0, 0.1) is 5.92 Å². The molecule has 0 aromatic carbocycles. The summed E-state index contributed by atoms with van der Waals surface area (Å²) >= 11 is 1.12. The molecule has 0 radical (unpaired) electrons. The van der Waals surface area contributed by atoms with E-state index in [0.29, 0.717) is 30.7 Å². The molecular formula is C13H15N5O3S. The van der Waals surface area contributed by atoms with E-state index < -0.39 is 11.8 Å². The summed E-state index contributed by atoms with van der Waals surface area (Å²) in [5.74, 6) is 0.252. The number of aromatic nitrogens is 2. The number of rotatable bonds is 3. The number of anilines is 1. The number of amides is 2. The third-order valence-corrected chi connectivity index (χ3v) is 4.71. The molecule has 1 saturated carbocycles. The third-order valence-electron chi connectivity index (χ3n) is 4.07. The van der Waals surface area contributed by atoms with Gasteiger partial charge < -0.3 is 9.74 Å². The van der Waals surface area contributed by atoms with E-state index in [1.807, 2.05) is 0 Å². The zero-order chi connectivity index (χ0) is 15.1. The minimum absolute atomic E-state index is 0.224. The van der Waals surface area contributed by atoms with Crippen LogP contribution in [0.4, 0.5) is 5.13 Å². The van der Waals surface area contributed by atoms with Crippen LogP contribution in [0.5, 0.6) is 0 Å². The molecule has 1 saturated heterocycles. The highest BCUT2D eigenvalue weighted by atomic mass is 32.1. The summed E-state index contributed by atoms with van der Waals surface area (Å²) in [6.45, 7) is 1.66. The average molecular weight is 321 g/mol. The van der Waals surface area contributed by atoms with E-state index in [1.165, 1.54) is 4.90 Å². The normalized spacial score (nSPS) is 21.1. The van der Waals surface area contributed by atoms with Gasteiger partial charge >= 0.3 is 11.8 Å². The quantitative estimate of drug-likeness (QED) is 0.822. The summed E-state index contributed by atoms with van der Waals surface area (Å²) in [6, 6.07) is 0. The van der Waals surface area contributed by atoms with Crippen LogP contribution in [0.1, 0.15) is 31.0 Å². The van der Waals surface area contributed by atoms with E-state index in [4.69, 9.17) is 4.84 Å². The number of carbonyl (C=O) groups is 2. The molecule has 1 aromatic heterocycles. The van der Waals surface area contributed by atoms with Gasteiger partial charge in [-0.1, -0.05) is 5.16 Å². The van der Waals surface area contributed by atoms with Crippen molar-refractivity contribution in [3.05, 3.63) is 5.82 Å². The Morgan fingerprint density at radius 2 is 2.09 bits per heavy atom. The van der Waals surface area contributed by atoms with Gasteiger partial charge in [0.25, 0.3) is 0 Å². The Labute approximate surface area is 130 Å². The van der Waals surface area contributed by atoms with E-state index >= 15 is 0 Å². The third kappa shape index (κ3) is 2.56. The molecule has 2 amide bonds. The molecule has 9 heteroatoms. The minimum Gasteiger partial charge on any atom is -0.395 e. The molecular weight excluding hydrogens is 306 g/mol. The first-order chi connectivity index (χ1) is 10.7. The molecule has 3 aliphatic rings. The van der Waals surface area contributed by atoms with Gasteiger partial charge in [-0.25, -0.2) is 4.98 Å². The minimum atomic E-state index is -0.651. The number of hydrogen-bond donors (Lipinski definition) is 1. The van der Waals surface area contributed by atoms with Gasteiger partial charge in [0.2, 0.25) is 5.13 Å². The maximum absolute atomic E-state index is 12.0. The van der Waals surface area contributed by atoms with Crippen LogP contribution in [0.3, 0.4) is 0 Å². The number of hydrogen-bond acceptors (Lipinski definition) is 7. The predicted octanol–water partition coefficient (Wildman–Crippen LogP) is 0.589. The highest BCUT2D eigenvalue weighted by Gasteiger charge is 2.38. The molecule has 0 spiro atoms. The van der Waals surface area contributed by atoms with Crippen LogP contribution in [-0.4, -0.2) is 51.5 Å². The first kappa shape index (κ1) is 13.6. The van der Waals surface area contributed by atoms with Gasteiger partial charge in [0.15, 0.2) is 0 Å². The SMILES string of the molecule is O=C(Nc1nc(C2CC2)ns1)C(=O)N1CC(C2=NOCC2)C1. The molecule has 4 rings (SSSR count). The second kappa shape index (κ2) is 5.31. The van der Waals surface area contributed by atoms with Crippen LogP contribution in [0.2, 0.25) is 0 Å². The largest absolute Gasteiger partial charge is 0.395 e. The molecule has 0 atom stereocenters. The zero-order valence-electron chi connectivity index (χ0n) is 11.8. The molecule has 1 aliphatic carbocycles.